The first-order valence-corrected chi connectivity index (χ1v) is 14.3. The predicted octanol–water partition coefficient (Wildman–Crippen LogP) is 6.25. The van der Waals surface area contributed by atoms with Crippen LogP contribution in [0.25, 0.3) is 22.9 Å². The largest absolute Gasteiger partial charge is 0.453 e. The molecule has 11 nitrogen and oxygen atoms in total. The van der Waals surface area contributed by atoms with Crippen LogP contribution in [-0.4, -0.2) is 49.5 Å². The second kappa shape index (κ2) is 14.5. The Hall–Kier alpha value is -5.20. The van der Waals surface area contributed by atoms with Crippen molar-refractivity contribution in [3.8, 4) is 16.8 Å². The first kappa shape index (κ1) is 31.2. The van der Waals surface area contributed by atoms with Crippen molar-refractivity contribution in [1.82, 2.24) is 35.7 Å². The molecule has 14 heteroatoms. The third-order valence-corrected chi connectivity index (χ3v) is 7.22. The van der Waals surface area contributed by atoms with Crippen LogP contribution in [0.1, 0.15) is 29.3 Å². The number of hydrogen-bond donors (Lipinski definition) is 2. The molecular formula is C31H25Cl2FN8O3. The zero-order valence-corrected chi connectivity index (χ0v) is 25.2. The number of benzene rings is 3. The van der Waals surface area contributed by atoms with Crippen LogP contribution in [0.2, 0.25) is 10.2 Å². The number of nitrogens with zero attached hydrogens (tertiary/aromatic N) is 6. The maximum Gasteiger partial charge on any atom is 0.411 e. The SMILES string of the molecule is COC(=O)Nc1ccc(-c2cc([C@H](CCc3ccc(F)cc3)NC(=O)/C=C/c3cc(Cl)ccc3-n3cnnn3)nnc2Cl)cc1. The molecule has 5 aromatic rings. The average Bonchev–Trinajstić information content (AvgIpc) is 3.58. The number of amides is 2. The van der Waals surface area contributed by atoms with E-state index in [1.807, 2.05) is 0 Å². The van der Waals surface area contributed by atoms with Crippen LogP contribution in [0, 0.1) is 5.82 Å². The van der Waals surface area contributed by atoms with Crippen molar-refractivity contribution in [3.63, 3.8) is 0 Å². The number of rotatable bonds is 10. The summed E-state index contributed by atoms with van der Waals surface area (Å²) in [7, 11) is 1.28. The van der Waals surface area contributed by atoms with Crippen molar-refractivity contribution in [2.75, 3.05) is 12.4 Å². The Bertz CT molecular complexity index is 1820. The van der Waals surface area contributed by atoms with Gasteiger partial charge >= 0.3 is 6.09 Å². The summed E-state index contributed by atoms with van der Waals surface area (Å²) in [5.41, 5.74) is 4.41. The van der Waals surface area contributed by atoms with Crippen LogP contribution in [0.5, 0.6) is 0 Å². The molecule has 228 valence electrons. The van der Waals surface area contributed by atoms with Gasteiger partial charge in [0.2, 0.25) is 5.91 Å². The molecule has 0 saturated heterocycles. The standard InChI is InChI=1S/C31H25Cl2FN8O3/c1-45-31(44)36-24-11-5-20(6-12-24)25-17-27(38-39-30(25)33)26(13-4-19-2-9-23(34)10-3-19)37-29(43)15-7-21-16-22(32)8-14-28(21)42-18-35-40-41-42/h2-3,5-12,14-18,26H,4,13H2,1H3,(H,36,44)(H,37,43)/b15-7+/t26-/m0/s1. The molecule has 2 amide bonds. The van der Waals surface area contributed by atoms with E-state index in [1.165, 1.54) is 36.3 Å². The van der Waals surface area contributed by atoms with Crippen LogP contribution in [0.3, 0.4) is 0 Å². The molecule has 0 spiro atoms. The highest BCUT2D eigenvalue weighted by atomic mass is 35.5. The lowest BCUT2D eigenvalue weighted by Gasteiger charge is -2.18. The third-order valence-electron chi connectivity index (χ3n) is 6.70. The number of ether oxygens (including phenoxy) is 1. The summed E-state index contributed by atoms with van der Waals surface area (Å²) < 4.78 is 19.6. The minimum Gasteiger partial charge on any atom is -0.453 e. The van der Waals surface area contributed by atoms with Gasteiger partial charge in [-0.05, 0) is 89.0 Å². The number of aromatic nitrogens is 6. The maximum absolute atomic E-state index is 13.5. The van der Waals surface area contributed by atoms with Gasteiger partial charge in [-0.25, -0.2) is 9.18 Å². The summed E-state index contributed by atoms with van der Waals surface area (Å²) in [6.45, 7) is 0. The van der Waals surface area contributed by atoms with E-state index in [1.54, 1.807) is 66.7 Å². The molecule has 0 bridgehead atoms. The number of carbonyl (C=O) groups excluding carboxylic acids is 2. The third kappa shape index (κ3) is 8.25. The fourth-order valence-electron chi connectivity index (χ4n) is 4.45. The molecule has 0 fully saturated rings. The molecule has 0 aliphatic rings. The molecular weight excluding hydrogens is 622 g/mol. The molecule has 0 aliphatic carbocycles. The van der Waals surface area contributed by atoms with Crippen LogP contribution >= 0.6 is 23.2 Å². The Labute approximate surface area is 267 Å². The van der Waals surface area contributed by atoms with Crippen LogP contribution < -0.4 is 10.6 Å². The van der Waals surface area contributed by atoms with Gasteiger partial charge in [0.15, 0.2) is 5.15 Å². The van der Waals surface area contributed by atoms with E-state index in [9.17, 15) is 14.0 Å². The van der Waals surface area contributed by atoms with Gasteiger partial charge in [-0.15, -0.1) is 10.2 Å². The highest BCUT2D eigenvalue weighted by Crippen LogP contribution is 2.30. The van der Waals surface area contributed by atoms with Crippen molar-refractivity contribution in [2.24, 2.45) is 0 Å². The van der Waals surface area contributed by atoms with E-state index < -0.39 is 18.0 Å². The average molecular weight is 647 g/mol. The van der Waals surface area contributed by atoms with E-state index in [2.05, 4.69) is 41.1 Å². The van der Waals surface area contributed by atoms with E-state index in [-0.39, 0.29) is 11.0 Å². The summed E-state index contributed by atoms with van der Waals surface area (Å²) >= 11 is 12.7. The molecule has 0 aliphatic heterocycles. The van der Waals surface area contributed by atoms with Crippen molar-refractivity contribution < 1.29 is 18.7 Å². The van der Waals surface area contributed by atoms with Gasteiger partial charge in [0.25, 0.3) is 0 Å². The number of aryl methyl sites for hydroxylation is 1. The fourth-order valence-corrected chi connectivity index (χ4v) is 4.83. The summed E-state index contributed by atoms with van der Waals surface area (Å²) in [6, 6.07) is 19.4. The lowest BCUT2D eigenvalue weighted by atomic mass is 10.00. The minimum atomic E-state index is -0.593. The highest BCUT2D eigenvalue weighted by molar-refractivity contribution is 6.32. The molecule has 45 heavy (non-hydrogen) atoms. The van der Waals surface area contributed by atoms with Crippen LogP contribution in [0.15, 0.2) is 85.2 Å². The van der Waals surface area contributed by atoms with E-state index in [0.29, 0.717) is 51.6 Å². The fraction of sp³-hybridized carbons (Fsp3) is 0.129. The number of nitrogens with one attached hydrogen (secondary N) is 2. The number of methoxy groups -OCH3 is 1. The van der Waals surface area contributed by atoms with Gasteiger partial charge in [-0.1, -0.05) is 47.5 Å². The molecule has 0 radical (unpaired) electrons. The van der Waals surface area contributed by atoms with Gasteiger partial charge in [0.05, 0.1) is 24.5 Å². The highest BCUT2D eigenvalue weighted by Gasteiger charge is 2.19. The van der Waals surface area contributed by atoms with Gasteiger partial charge in [0, 0.05) is 27.9 Å². The quantitative estimate of drug-likeness (QED) is 0.170. The smallest absolute Gasteiger partial charge is 0.411 e. The van der Waals surface area contributed by atoms with Gasteiger partial charge in [-0.3, -0.25) is 10.1 Å². The first-order chi connectivity index (χ1) is 21.8. The molecule has 0 unspecified atom stereocenters. The Balaban J connectivity index is 1.41. The topological polar surface area (TPSA) is 137 Å². The Morgan fingerprint density at radius 3 is 2.51 bits per heavy atom. The number of halogens is 3. The number of tetrazole rings is 1. The second-order valence-electron chi connectivity index (χ2n) is 9.68. The van der Waals surface area contributed by atoms with Gasteiger partial charge in [0.1, 0.15) is 12.1 Å². The Kier molecular flexibility index (Phi) is 10.1. The number of anilines is 1. The predicted molar refractivity (Wildman–Crippen MR) is 167 cm³/mol. The molecule has 2 N–H and O–H groups in total. The zero-order chi connectivity index (χ0) is 31.8. The normalized spacial score (nSPS) is 11.7. The van der Waals surface area contributed by atoms with Crippen molar-refractivity contribution in [2.45, 2.75) is 18.9 Å². The number of carbonyl (C=O) groups is 2. The van der Waals surface area contributed by atoms with Crippen LogP contribution in [0.4, 0.5) is 14.9 Å². The van der Waals surface area contributed by atoms with Crippen LogP contribution in [-0.2, 0) is 16.0 Å². The number of hydrogen-bond acceptors (Lipinski definition) is 8. The van der Waals surface area contributed by atoms with E-state index in [4.69, 9.17) is 23.2 Å². The molecule has 1 atom stereocenters. The summed E-state index contributed by atoms with van der Waals surface area (Å²) in [5, 5.41) is 25.9. The maximum atomic E-state index is 13.5. The molecule has 5 rings (SSSR count). The molecule has 2 aromatic heterocycles. The Morgan fingerprint density at radius 2 is 1.80 bits per heavy atom. The monoisotopic (exact) mass is 646 g/mol. The Morgan fingerprint density at radius 1 is 1.02 bits per heavy atom. The van der Waals surface area contributed by atoms with Gasteiger partial charge in [-0.2, -0.15) is 9.78 Å². The second-order valence-corrected chi connectivity index (χ2v) is 10.5. The summed E-state index contributed by atoms with van der Waals surface area (Å²) in [4.78, 5) is 24.8. The van der Waals surface area contributed by atoms with Crippen molar-refractivity contribution >= 4 is 47.0 Å². The lowest BCUT2D eigenvalue weighted by Crippen LogP contribution is -2.28. The first-order valence-electron chi connectivity index (χ1n) is 13.5. The zero-order valence-electron chi connectivity index (χ0n) is 23.7. The van der Waals surface area contributed by atoms with Crippen molar-refractivity contribution in [3.05, 3.63) is 118 Å². The minimum absolute atomic E-state index is 0.159. The summed E-state index contributed by atoms with van der Waals surface area (Å²) in [5.74, 6) is -0.741. The molecule has 0 saturated carbocycles. The van der Waals surface area contributed by atoms with Gasteiger partial charge < -0.3 is 10.1 Å². The summed E-state index contributed by atoms with van der Waals surface area (Å²) in [6.07, 6.45) is 4.77. The lowest BCUT2D eigenvalue weighted by molar-refractivity contribution is -0.117. The molecule has 2 heterocycles. The molecule has 3 aromatic carbocycles. The van der Waals surface area contributed by atoms with E-state index in [0.717, 1.165) is 5.56 Å². The van der Waals surface area contributed by atoms with E-state index >= 15 is 0 Å². The van der Waals surface area contributed by atoms with Crippen molar-refractivity contribution in [1.29, 1.82) is 0 Å².